The van der Waals surface area contributed by atoms with Crippen LogP contribution in [0.1, 0.15) is 45.2 Å². The Labute approximate surface area is 146 Å². The van der Waals surface area contributed by atoms with Gasteiger partial charge in [-0.05, 0) is 38.3 Å². The minimum absolute atomic E-state index is 0.0138. The highest BCUT2D eigenvalue weighted by Gasteiger charge is 2.32. The Bertz CT molecular complexity index is 784. The molecule has 1 fully saturated rings. The molecule has 1 aromatic heterocycles. The van der Waals surface area contributed by atoms with E-state index in [0.717, 1.165) is 6.42 Å². The molecule has 136 valence electrons. The molecule has 6 nitrogen and oxygen atoms in total. The van der Waals surface area contributed by atoms with Crippen molar-refractivity contribution in [3.63, 3.8) is 0 Å². The molecule has 0 spiro atoms. The smallest absolute Gasteiger partial charge is 0.346 e. The molecular formula is C18H24FN3O3. The van der Waals surface area contributed by atoms with Crippen molar-refractivity contribution in [1.82, 2.24) is 14.3 Å². The SMILES string of the molecule is CC(C)n1c([C@H]2OCC[C@H]2C)nn(CCOc2ccccc2F)c1=O. The predicted molar refractivity (Wildman–Crippen MR) is 91.2 cm³/mol. The van der Waals surface area contributed by atoms with Crippen molar-refractivity contribution in [3.05, 3.63) is 46.4 Å². The van der Waals surface area contributed by atoms with Crippen molar-refractivity contribution in [3.8, 4) is 5.75 Å². The summed E-state index contributed by atoms with van der Waals surface area (Å²) in [5.41, 5.74) is -0.190. The van der Waals surface area contributed by atoms with E-state index in [1.807, 2.05) is 13.8 Å². The quantitative estimate of drug-likeness (QED) is 0.805. The first-order valence-electron chi connectivity index (χ1n) is 8.67. The molecule has 3 rings (SSSR count). The van der Waals surface area contributed by atoms with E-state index in [9.17, 15) is 9.18 Å². The molecule has 1 aromatic carbocycles. The average molecular weight is 349 g/mol. The average Bonchev–Trinajstić information content (AvgIpc) is 3.13. The number of aromatic nitrogens is 3. The minimum Gasteiger partial charge on any atom is -0.489 e. The summed E-state index contributed by atoms with van der Waals surface area (Å²) in [7, 11) is 0. The highest BCUT2D eigenvalue weighted by atomic mass is 19.1. The molecule has 2 atom stereocenters. The molecule has 1 aliphatic heterocycles. The van der Waals surface area contributed by atoms with Gasteiger partial charge in [-0.2, -0.15) is 5.10 Å². The van der Waals surface area contributed by atoms with E-state index >= 15 is 0 Å². The van der Waals surface area contributed by atoms with Crippen molar-refractivity contribution < 1.29 is 13.9 Å². The number of para-hydroxylation sites is 1. The highest BCUT2D eigenvalue weighted by Crippen LogP contribution is 2.33. The molecule has 2 aromatic rings. The van der Waals surface area contributed by atoms with E-state index in [1.165, 1.54) is 10.7 Å². The summed E-state index contributed by atoms with van der Waals surface area (Å²) in [6.45, 7) is 7.10. The zero-order valence-corrected chi connectivity index (χ0v) is 14.8. The molecule has 0 aliphatic carbocycles. The van der Waals surface area contributed by atoms with Gasteiger partial charge in [0.2, 0.25) is 0 Å². The van der Waals surface area contributed by atoms with Crippen LogP contribution in [0.25, 0.3) is 0 Å². The number of nitrogens with zero attached hydrogens (tertiary/aromatic N) is 3. The van der Waals surface area contributed by atoms with Crippen LogP contribution < -0.4 is 10.4 Å². The summed E-state index contributed by atoms with van der Waals surface area (Å²) in [6, 6.07) is 6.19. The third-order valence-corrected chi connectivity index (χ3v) is 4.45. The summed E-state index contributed by atoms with van der Waals surface area (Å²) in [5.74, 6) is 0.738. The molecular weight excluding hydrogens is 325 g/mol. The second-order valence-corrected chi connectivity index (χ2v) is 6.66. The van der Waals surface area contributed by atoms with Gasteiger partial charge in [0.1, 0.15) is 12.7 Å². The molecule has 1 aliphatic rings. The van der Waals surface area contributed by atoms with Crippen LogP contribution >= 0.6 is 0 Å². The second-order valence-electron chi connectivity index (χ2n) is 6.66. The second kappa shape index (κ2) is 7.39. The molecule has 7 heteroatoms. The van der Waals surface area contributed by atoms with E-state index in [-0.39, 0.29) is 36.7 Å². The van der Waals surface area contributed by atoms with Gasteiger partial charge in [0.15, 0.2) is 17.4 Å². The van der Waals surface area contributed by atoms with Crippen LogP contribution in [0.3, 0.4) is 0 Å². The maximum absolute atomic E-state index is 13.6. The lowest BCUT2D eigenvalue weighted by Crippen LogP contribution is -2.29. The van der Waals surface area contributed by atoms with Gasteiger partial charge in [0, 0.05) is 12.6 Å². The Kier molecular flexibility index (Phi) is 5.22. The van der Waals surface area contributed by atoms with E-state index in [4.69, 9.17) is 9.47 Å². The fourth-order valence-corrected chi connectivity index (χ4v) is 3.09. The lowest BCUT2D eigenvalue weighted by Gasteiger charge is -2.16. The first-order chi connectivity index (χ1) is 12.0. The minimum atomic E-state index is -0.420. The Morgan fingerprint density at radius 2 is 2.16 bits per heavy atom. The Morgan fingerprint density at radius 3 is 2.80 bits per heavy atom. The van der Waals surface area contributed by atoms with Crippen LogP contribution in [-0.4, -0.2) is 27.6 Å². The monoisotopic (exact) mass is 349 g/mol. The fraction of sp³-hybridized carbons (Fsp3) is 0.556. The summed E-state index contributed by atoms with van der Waals surface area (Å²) in [5, 5.41) is 4.49. The summed E-state index contributed by atoms with van der Waals surface area (Å²) >= 11 is 0. The first-order valence-corrected chi connectivity index (χ1v) is 8.67. The predicted octanol–water partition coefficient (Wildman–Crippen LogP) is 2.94. The zero-order valence-electron chi connectivity index (χ0n) is 14.8. The van der Waals surface area contributed by atoms with Crippen LogP contribution in [0.4, 0.5) is 4.39 Å². The van der Waals surface area contributed by atoms with E-state index < -0.39 is 5.82 Å². The fourth-order valence-electron chi connectivity index (χ4n) is 3.09. The van der Waals surface area contributed by atoms with Crippen LogP contribution in [0.5, 0.6) is 5.75 Å². The summed E-state index contributed by atoms with van der Waals surface area (Å²) in [6.07, 6.45) is 0.795. The molecule has 0 amide bonds. The number of hydrogen-bond acceptors (Lipinski definition) is 4. The summed E-state index contributed by atoms with van der Waals surface area (Å²) < 4.78 is 27.9. The molecule has 0 N–H and O–H groups in total. The molecule has 25 heavy (non-hydrogen) atoms. The van der Waals surface area contributed by atoms with Gasteiger partial charge >= 0.3 is 5.69 Å². The molecule has 0 radical (unpaired) electrons. The van der Waals surface area contributed by atoms with Gasteiger partial charge in [-0.1, -0.05) is 19.1 Å². The highest BCUT2D eigenvalue weighted by molar-refractivity contribution is 5.23. The van der Waals surface area contributed by atoms with Crippen molar-refractivity contribution >= 4 is 0 Å². The number of ether oxygens (including phenoxy) is 2. The molecule has 2 heterocycles. The number of rotatable bonds is 6. The van der Waals surface area contributed by atoms with Gasteiger partial charge < -0.3 is 9.47 Å². The van der Waals surface area contributed by atoms with Gasteiger partial charge in [0.05, 0.1) is 6.54 Å². The molecule has 1 saturated heterocycles. The van der Waals surface area contributed by atoms with Crippen molar-refractivity contribution in [2.24, 2.45) is 5.92 Å². The Balaban J connectivity index is 1.78. The van der Waals surface area contributed by atoms with Crippen molar-refractivity contribution in [2.45, 2.75) is 45.9 Å². The van der Waals surface area contributed by atoms with Gasteiger partial charge in [0.25, 0.3) is 0 Å². The Morgan fingerprint density at radius 1 is 1.40 bits per heavy atom. The largest absolute Gasteiger partial charge is 0.489 e. The van der Waals surface area contributed by atoms with E-state index in [2.05, 4.69) is 12.0 Å². The molecule has 0 bridgehead atoms. The third-order valence-electron chi connectivity index (χ3n) is 4.45. The van der Waals surface area contributed by atoms with E-state index in [0.29, 0.717) is 18.3 Å². The maximum atomic E-state index is 13.6. The van der Waals surface area contributed by atoms with E-state index in [1.54, 1.807) is 22.8 Å². The van der Waals surface area contributed by atoms with Gasteiger partial charge in [-0.15, -0.1) is 0 Å². The first kappa shape index (κ1) is 17.7. The van der Waals surface area contributed by atoms with Crippen LogP contribution in [0, 0.1) is 11.7 Å². The third kappa shape index (κ3) is 3.61. The molecule has 0 saturated carbocycles. The number of hydrogen-bond donors (Lipinski definition) is 0. The topological polar surface area (TPSA) is 58.3 Å². The maximum Gasteiger partial charge on any atom is 0.346 e. The lowest BCUT2D eigenvalue weighted by molar-refractivity contribution is 0.0824. The van der Waals surface area contributed by atoms with Crippen LogP contribution in [-0.2, 0) is 11.3 Å². The summed E-state index contributed by atoms with van der Waals surface area (Å²) in [4.78, 5) is 12.7. The van der Waals surface area contributed by atoms with Crippen molar-refractivity contribution in [1.29, 1.82) is 0 Å². The normalized spacial score (nSPS) is 20.4. The zero-order chi connectivity index (χ0) is 18.0. The van der Waals surface area contributed by atoms with Gasteiger partial charge in [-0.25, -0.2) is 13.9 Å². The van der Waals surface area contributed by atoms with Crippen LogP contribution in [0.2, 0.25) is 0 Å². The number of halogens is 1. The Hall–Kier alpha value is -2.15. The van der Waals surface area contributed by atoms with Crippen LogP contribution in [0.15, 0.2) is 29.1 Å². The molecule has 0 unspecified atom stereocenters. The van der Waals surface area contributed by atoms with Gasteiger partial charge in [-0.3, -0.25) is 4.57 Å². The number of benzene rings is 1. The lowest BCUT2D eigenvalue weighted by atomic mass is 10.0. The van der Waals surface area contributed by atoms with Crippen molar-refractivity contribution in [2.75, 3.05) is 13.2 Å². The standard InChI is InChI=1S/C18H24FN3O3/c1-12(2)22-17(16-13(3)8-10-25-16)20-21(18(22)23)9-11-24-15-7-5-4-6-14(15)19/h4-7,12-13,16H,8-11H2,1-3H3/t13-,16+/m1/s1.